The summed E-state index contributed by atoms with van der Waals surface area (Å²) in [5.41, 5.74) is -0.551. The summed E-state index contributed by atoms with van der Waals surface area (Å²) in [6, 6.07) is 7.49. The first-order valence-corrected chi connectivity index (χ1v) is 9.91. The van der Waals surface area contributed by atoms with Crippen LogP contribution in [0.15, 0.2) is 18.2 Å². The zero-order valence-corrected chi connectivity index (χ0v) is 17.8. The summed E-state index contributed by atoms with van der Waals surface area (Å²) < 4.78 is 21.1. The minimum absolute atomic E-state index is 0.0535. The molecule has 0 heterocycles. The van der Waals surface area contributed by atoms with Gasteiger partial charge in [-0.2, -0.15) is 5.26 Å². The molecule has 0 aromatic heterocycles. The maximum absolute atomic E-state index is 12.1. The Morgan fingerprint density at radius 1 is 0.966 bits per heavy atom. The van der Waals surface area contributed by atoms with E-state index in [1.54, 1.807) is 18.2 Å². The van der Waals surface area contributed by atoms with Gasteiger partial charge in [-0.1, -0.05) is 13.8 Å². The largest absolute Gasteiger partial charge is 0.497 e. The molecule has 0 unspecified atom stereocenters. The lowest BCUT2D eigenvalue weighted by Gasteiger charge is -2.28. The van der Waals surface area contributed by atoms with Crippen molar-refractivity contribution in [3.05, 3.63) is 23.8 Å². The van der Waals surface area contributed by atoms with E-state index in [1.807, 2.05) is 13.8 Å². The summed E-state index contributed by atoms with van der Waals surface area (Å²) in [5, 5.41) is 10.1. The van der Waals surface area contributed by atoms with Gasteiger partial charge in [0.15, 0.2) is 0 Å². The van der Waals surface area contributed by atoms with Crippen LogP contribution in [-0.2, 0) is 24.5 Å². The van der Waals surface area contributed by atoms with E-state index in [9.17, 15) is 14.9 Å². The van der Waals surface area contributed by atoms with Crippen molar-refractivity contribution in [2.45, 2.75) is 57.8 Å². The highest BCUT2D eigenvalue weighted by atomic mass is 16.5. The molecular weight excluding hydrogens is 374 g/mol. The fourth-order valence-corrected chi connectivity index (χ4v) is 2.96. The van der Waals surface area contributed by atoms with Crippen molar-refractivity contribution in [3.63, 3.8) is 0 Å². The molecule has 0 aliphatic heterocycles. The summed E-state index contributed by atoms with van der Waals surface area (Å²) in [4.78, 5) is 24.1. The summed E-state index contributed by atoms with van der Waals surface area (Å²) in [7, 11) is 3.04. The van der Waals surface area contributed by atoms with Gasteiger partial charge in [-0.3, -0.25) is 9.59 Å². The molecule has 0 bridgehead atoms. The first-order valence-electron chi connectivity index (χ1n) is 9.91. The molecule has 1 aromatic carbocycles. The third-order valence-corrected chi connectivity index (χ3v) is 4.58. The minimum Gasteiger partial charge on any atom is -0.497 e. The van der Waals surface area contributed by atoms with Crippen molar-refractivity contribution in [2.24, 2.45) is 0 Å². The van der Waals surface area contributed by atoms with Crippen LogP contribution in [0.3, 0.4) is 0 Å². The van der Waals surface area contributed by atoms with Crippen molar-refractivity contribution in [3.8, 4) is 17.6 Å². The average Bonchev–Trinajstić information content (AvgIpc) is 2.76. The van der Waals surface area contributed by atoms with Crippen LogP contribution < -0.4 is 9.47 Å². The SMILES string of the molecule is CCCOC(=O)CCC(C#N)(CCC(=O)OCCC)c1cc(OC)ccc1OC. The predicted molar refractivity (Wildman–Crippen MR) is 108 cm³/mol. The zero-order chi connectivity index (χ0) is 21.7. The van der Waals surface area contributed by atoms with Crippen molar-refractivity contribution in [1.82, 2.24) is 0 Å². The van der Waals surface area contributed by atoms with Crippen LogP contribution in [0.2, 0.25) is 0 Å². The number of methoxy groups -OCH3 is 2. The molecule has 1 aromatic rings. The number of esters is 2. The third kappa shape index (κ3) is 7.30. The Balaban J connectivity index is 3.20. The van der Waals surface area contributed by atoms with Crippen LogP contribution in [0.1, 0.15) is 57.9 Å². The Morgan fingerprint density at radius 2 is 1.52 bits per heavy atom. The van der Waals surface area contributed by atoms with Crippen LogP contribution in [0.5, 0.6) is 11.5 Å². The normalized spacial score (nSPS) is 10.7. The lowest BCUT2D eigenvalue weighted by molar-refractivity contribution is -0.144. The Hall–Kier alpha value is -2.75. The van der Waals surface area contributed by atoms with E-state index in [0.29, 0.717) is 30.3 Å². The quantitative estimate of drug-likeness (QED) is 0.459. The number of hydrogen-bond acceptors (Lipinski definition) is 7. The molecule has 0 aliphatic rings. The molecule has 7 nitrogen and oxygen atoms in total. The molecule has 0 radical (unpaired) electrons. The van der Waals surface area contributed by atoms with E-state index in [-0.39, 0.29) is 37.6 Å². The highest BCUT2D eigenvalue weighted by molar-refractivity contribution is 5.71. The monoisotopic (exact) mass is 405 g/mol. The lowest BCUT2D eigenvalue weighted by atomic mass is 9.74. The van der Waals surface area contributed by atoms with E-state index in [1.165, 1.54) is 14.2 Å². The van der Waals surface area contributed by atoms with Crippen molar-refractivity contribution in [1.29, 1.82) is 5.26 Å². The molecule has 0 saturated heterocycles. The Morgan fingerprint density at radius 3 is 1.93 bits per heavy atom. The van der Waals surface area contributed by atoms with Gasteiger partial charge in [0, 0.05) is 18.4 Å². The maximum atomic E-state index is 12.1. The summed E-state index contributed by atoms with van der Waals surface area (Å²) >= 11 is 0. The molecule has 0 spiro atoms. The maximum Gasteiger partial charge on any atom is 0.305 e. The van der Waals surface area contributed by atoms with Gasteiger partial charge in [0.25, 0.3) is 0 Å². The number of rotatable bonds is 13. The number of ether oxygens (including phenoxy) is 4. The fraction of sp³-hybridized carbons (Fsp3) is 0.591. The number of carbonyl (C=O) groups excluding carboxylic acids is 2. The predicted octanol–water partition coefficient (Wildman–Crippen LogP) is 3.93. The van der Waals surface area contributed by atoms with Crippen molar-refractivity contribution >= 4 is 11.9 Å². The third-order valence-electron chi connectivity index (χ3n) is 4.58. The van der Waals surface area contributed by atoms with Gasteiger partial charge < -0.3 is 18.9 Å². The van der Waals surface area contributed by atoms with E-state index in [0.717, 1.165) is 12.8 Å². The van der Waals surface area contributed by atoms with Gasteiger partial charge in [-0.05, 0) is 43.9 Å². The van der Waals surface area contributed by atoms with E-state index in [4.69, 9.17) is 18.9 Å². The summed E-state index contributed by atoms with van der Waals surface area (Å²) in [6.45, 7) is 4.50. The summed E-state index contributed by atoms with van der Waals surface area (Å²) in [5.74, 6) is 0.308. The first-order chi connectivity index (χ1) is 14.0. The smallest absolute Gasteiger partial charge is 0.305 e. The van der Waals surface area contributed by atoms with E-state index in [2.05, 4.69) is 6.07 Å². The highest BCUT2D eigenvalue weighted by Crippen LogP contribution is 2.41. The molecule has 160 valence electrons. The standard InChI is InChI=1S/C22H31NO6/c1-5-13-28-20(24)9-11-22(16-23,12-10-21(25)29-14-6-2)18-15-17(26-3)7-8-19(18)27-4/h7-8,15H,5-6,9-14H2,1-4H3. The van der Waals surface area contributed by atoms with Crippen LogP contribution >= 0.6 is 0 Å². The van der Waals surface area contributed by atoms with Crippen LogP contribution in [-0.4, -0.2) is 39.4 Å². The van der Waals surface area contributed by atoms with Crippen LogP contribution in [0.4, 0.5) is 0 Å². The summed E-state index contributed by atoms with van der Waals surface area (Å²) in [6.07, 6.45) is 1.94. The number of hydrogen-bond donors (Lipinski definition) is 0. The number of benzene rings is 1. The molecule has 7 heteroatoms. The molecule has 0 amide bonds. The Labute approximate surface area is 172 Å². The molecular formula is C22H31NO6. The number of carbonyl (C=O) groups is 2. The van der Waals surface area contributed by atoms with Gasteiger partial charge in [0.1, 0.15) is 11.5 Å². The topological polar surface area (TPSA) is 94.9 Å². The Kier molecular flexibility index (Phi) is 10.6. The first kappa shape index (κ1) is 24.3. The van der Waals surface area contributed by atoms with Gasteiger partial charge in [0.05, 0.1) is 38.9 Å². The van der Waals surface area contributed by atoms with Crippen LogP contribution in [0.25, 0.3) is 0 Å². The second kappa shape index (κ2) is 12.7. The van der Waals surface area contributed by atoms with Gasteiger partial charge >= 0.3 is 11.9 Å². The molecule has 1 rings (SSSR count). The van der Waals surface area contributed by atoms with E-state index < -0.39 is 5.41 Å². The molecule has 0 aliphatic carbocycles. The molecule has 0 atom stereocenters. The average molecular weight is 405 g/mol. The molecule has 29 heavy (non-hydrogen) atoms. The number of nitriles is 1. The minimum atomic E-state index is -1.13. The molecule has 0 saturated carbocycles. The van der Waals surface area contributed by atoms with Crippen molar-refractivity contribution < 1.29 is 28.5 Å². The fourth-order valence-electron chi connectivity index (χ4n) is 2.96. The second-order valence-corrected chi connectivity index (χ2v) is 6.70. The zero-order valence-electron chi connectivity index (χ0n) is 17.8. The van der Waals surface area contributed by atoms with E-state index >= 15 is 0 Å². The van der Waals surface area contributed by atoms with Gasteiger partial charge in [0.2, 0.25) is 0 Å². The van der Waals surface area contributed by atoms with Crippen molar-refractivity contribution in [2.75, 3.05) is 27.4 Å². The molecule has 0 fully saturated rings. The molecule has 0 N–H and O–H groups in total. The van der Waals surface area contributed by atoms with Crippen LogP contribution in [0, 0.1) is 11.3 Å². The highest BCUT2D eigenvalue weighted by Gasteiger charge is 2.37. The Bertz CT molecular complexity index is 686. The second-order valence-electron chi connectivity index (χ2n) is 6.70. The van der Waals surface area contributed by atoms with Gasteiger partial charge in [-0.25, -0.2) is 0 Å². The number of nitrogens with zero attached hydrogens (tertiary/aromatic N) is 1. The lowest BCUT2D eigenvalue weighted by Crippen LogP contribution is -2.28. The van der Waals surface area contributed by atoms with Gasteiger partial charge in [-0.15, -0.1) is 0 Å².